The van der Waals surface area contributed by atoms with Crippen LogP contribution in [0.4, 0.5) is 0 Å². The van der Waals surface area contributed by atoms with Gasteiger partial charge in [-0.15, -0.1) is 0 Å². The Balaban J connectivity index is 1.79. The van der Waals surface area contributed by atoms with E-state index < -0.39 is 0 Å². The van der Waals surface area contributed by atoms with Crippen LogP contribution >= 0.6 is 12.0 Å². The second-order valence-electron chi connectivity index (χ2n) is 6.96. The Morgan fingerprint density at radius 3 is 2.37 bits per heavy atom. The molecule has 0 aliphatic carbocycles. The van der Waals surface area contributed by atoms with Crippen molar-refractivity contribution in [1.82, 2.24) is 9.97 Å². The van der Waals surface area contributed by atoms with Gasteiger partial charge in [0, 0.05) is 41.5 Å². The van der Waals surface area contributed by atoms with Crippen molar-refractivity contribution in [2.45, 2.75) is 19.8 Å². The molecular formula is C24H24N2O3S. The summed E-state index contributed by atoms with van der Waals surface area (Å²) < 4.78 is 16.6. The van der Waals surface area contributed by atoms with Gasteiger partial charge in [0.2, 0.25) is 0 Å². The molecule has 0 unspecified atom stereocenters. The number of hydrogen-bond donors (Lipinski definition) is 0. The average molecular weight is 421 g/mol. The summed E-state index contributed by atoms with van der Waals surface area (Å²) >= 11 is 1.33. The van der Waals surface area contributed by atoms with Gasteiger partial charge in [-0.3, -0.25) is 9.97 Å². The predicted octanol–water partition coefficient (Wildman–Crippen LogP) is 5.61. The molecule has 0 radical (unpaired) electrons. The van der Waals surface area contributed by atoms with Crippen molar-refractivity contribution >= 4 is 33.7 Å². The molecule has 0 N–H and O–H groups in total. The topological polar surface area (TPSA) is 53.5 Å². The number of methoxy groups -OCH3 is 2. The molecule has 0 aliphatic rings. The molecule has 2 aromatic heterocycles. The molecule has 0 saturated carbocycles. The summed E-state index contributed by atoms with van der Waals surface area (Å²) in [5.74, 6) is 2.26. The second-order valence-corrected chi connectivity index (χ2v) is 7.46. The van der Waals surface area contributed by atoms with Gasteiger partial charge in [0.25, 0.3) is 0 Å². The highest BCUT2D eigenvalue weighted by Gasteiger charge is 2.13. The third-order valence-corrected chi connectivity index (χ3v) is 5.53. The van der Waals surface area contributed by atoms with Crippen LogP contribution in [0.15, 0.2) is 48.8 Å². The smallest absolute Gasteiger partial charge is 0.161 e. The van der Waals surface area contributed by atoms with E-state index in [9.17, 15) is 0 Å². The van der Waals surface area contributed by atoms with E-state index in [4.69, 9.17) is 18.6 Å². The van der Waals surface area contributed by atoms with Crippen molar-refractivity contribution in [3.05, 3.63) is 65.6 Å². The van der Waals surface area contributed by atoms with Crippen molar-refractivity contribution in [3.63, 3.8) is 0 Å². The van der Waals surface area contributed by atoms with Gasteiger partial charge < -0.3 is 13.7 Å². The van der Waals surface area contributed by atoms with E-state index >= 15 is 0 Å². The third kappa shape index (κ3) is 3.87. The molecule has 4 rings (SSSR count). The fourth-order valence-corrected chi connectivity index (χ4v) is 4.02. The molecule has 0 spiro atoms. The number of fused-ring (bicyclic) bond motifs is 2. The maximum atomic E-state index is 5.56. The minimum absolute atomic E-state index is 0.715. The lowest BCUT2D eigenvalue weighted by molar-refractivity contribution is 0.356. The van der Waals surface area contributed by atoms with Crippen molar-refractivity contribution in [3.8, 4) is 17.2 Å². The van der Waals surface area contributed by atoms with Gasteiger partial charge in [-0.1, -0.05) is 6.92 Å². The largest absolute Gasteiger partial charge is 0.493 e. The van der Waals surface area contributed by atoms with E-state index in [-0.39, 0.29) is 0 Å². The molecule has 5 nitrogen and oxygen atoms in total. The van der Waals surface area contributed by atoms with Crippen molar-refractivity contribution in [1.29, 1.82) is 0 Å². The molecule has 2 aromatic carbocycles. The molecule has 6 heteroatoms. The van der Waals surface area contributed by atoms with Gasteiger partial charge in [-0.2, -0.15) is 0 Å². The molecule has 2 heterocycles. The van der Waals surface area contributed by atoms with Gasteiger partial charge in [-0.25, -0.2) is 0 Å². The summed E-state index contributed by atoms with van der Waals surface area (Å²) in [4.78, 5) is 9.34. The Kier molecular flexibility index (Phi) is 5.95. The standard InChI is InChI=1S/C24H24N2O3S/c1-5-21-20-12-24(28-3)23(27-2)11-19(20)17(14-26-21)9-15-8-16-10-18(29-30-4)6-7-22(16)25-13-15/h6-8,10-14H,5,9H2,1-4H3. The predicted molar refractivity (Wildman–Crippen MR) is 123 cm³/mol. The molecule has 154 valence electrons. The average Bonchev–Trinajstić information content (AvgIpc) is 2.78. The number of rotatable bonds is 7. The van der Waals surface area contributed by atoms with Crippen LogP contribution in [0.5, 0.6) is 17.2 Å². The summed E-state index contributed by atoms with van der Waals surface area (Å²) in [5, 5.41) is 3.27. The lowest BCUT2D eigenvalue weighted by Gasteiger charge is -2.14. The first-order chi connectivity index (χ1) is 14.7. The van der Waals surface area contributed by atoms with Gasteiger partial charge >= 0.3 is 0 Å². The summed E-state index contributed by atoms with van der Waals surface area (Å²) in [6.07, 6.45) is 7.37. The first kappa shape index (κ1) is 20.3. The van der Waals surface area contributed by atoms with E-state index in [2.05, 4.69) is 18.0 Å². The molecule has 4 aromatic rings. The zero-order valence-electron chi connectivity index (χ0n) is 17.6. The molecule has 0 aliphatic heterocycles. The van der Waals surface area contributed by atoms with E-state index in [1.807, 2.05) is 49.0 Å². The first-order valence-electron chi connectivity index (χ1n) is 9.78. The quantitative estimate of drug-likeness (QED) is 0.362. The maximum absolute atomic E-state index is 5.56. The van der Waals surface area contributed by atoms with Crippen LogP contribution in [0.3, 0.4) is 0 Å². The summed E-state index contributed by atoms with van der Waals surface area (Å²) in [5.41, 5.74) is 4.24. The monoisotopic (exact) mass is 420 g/mol. The van der Waals surface area contributed by atoms with Crippen LogP contribution in [0.1, 0.15) is 23.7 Å². The Bertz CT molecular complexity index is 1210. The van der Waals surface area contributed by atoms with Crippen molar-refractivity contribution in [2.24, 2.45) is 0 Å². The Morgan fingerprint density at radius 1 is 0.900 bits per heavy atom. The van der Waals surface area contributed by atoms with Crippen molar-refractivity contribution < 1.29 is 13.7 Å². The van der Waals surface area contributed by atoms with Crippen LogP contribution in [-0.2, 0) is 12.8 Å². The highest BCUT2D eigenvalue weighted by atomic mass is 32.2. The molecule has 0 amide bonds. The number of aromatic nitrogens is 2. The Hall–Kier alpha value is -2.99. The van der Waals surface area contributed by atoms with Gasteiger partial charge in [0.15, 0.2) is 11.5 Å². The molecule has 0 atom stereocenters. The SMILES string of the molecule is CCc1ncc(Cc2cnc3ccc(OSC)cc3c2)c2cc(OC)c(OC)cc12. The van der Waals surface area contributed by atoms with Gasteiger partial charge in [0.05, 0.1) is 31.8 Å². The van der Waals surface area contributed by atoms with E-state index in [1.54, 1.807) is 14.2 Å². The number of aryl methyl sites for hydroxylation is 1. The van der Waals surface area contributed by atoms with E-state index in [1.165, 1.54) is 12.0 Å². The summed E-state index contributed by atoms with van der Waals surface area (Å²) in [7, 11) is 3.31. The normalized spacial score (nSPS) is 11.1. The fraction of sp³-hybridized carbons (Fsp3) is 0.250. The summed E-state index contributed by atoms with van der Waals surface area (Å²) in [6, 6.07) is 12.2. The minimum Gasteiger partial charge on any atom is -0.493 e. The number of hydrogen-bond acceptors (Lipinski definition) is 6. The lowest BCUT2D eigenvalue weighted by Crippen LogP contribution is -1.99. The van der Waals surface area contributed by atoms with Crippen LogP contribution in [0.2, 0.25) is 0 Å². The molecule has 0 fully saturated rings. The lowest BCUT2D eigenvalue weighted by atomic mass is 9.98. The zero-order chi connectivity index (χ0) is 21.1. The minimum atomic E-state index is 0.715. The van der Waals surface area contributed by atoms with E-state index in [0.717, 1.165) is 62.8 Å². The zero-order valence-corrected chi connectivity index (χ0v) is 18.4. The Morgan fingerprint density at radius 2 is 1.67 bits per heavy atom. The van der Waals surface area contributed by atoms with Crippen molar-refractivity contribution in [2.75, 3.05) is 20.5 Å². The molecule has 0 bridgehead atoms. The maximum Gasteiger partial charge on any atom is 0.161 e. The number of benzene rings is 2. The van der Waals surface area contributed by atoms with Crippen LogP contribution in [0, 0.1) is 0 Å². The van der Waals surface area contributed by atoms with Crippen LogP contribution < -0.4 is 13.7 Å². The summed E-state index contributed by atoms with van der Waals surface area (Å²) in [6.45, 7) is 2.11. The molecule has 30 heavy (non-hydrogen) atoms. The van der Waals surface area contributed by atoms with E-state index in [0.29, 0.717) is 5.75 Å². The number of ether oxygens (including phenoxy) is 2. The number of pyridine rings is 2. The van der Waals surface area contributed by atoms with Gasteiger partial charge in [-0.05, 0) is 59.3 Å². The number of nitrogens with zero attached hydrogens (tertiary/aromatic N) is 2. The van der Waals surface area contributed by atoms with Gasteiger partial charge in [0.1, 0.15) is 5.75 Å². The Labute approximate surface area is 180 Å². The highest BCUT2D eigenvalue weighted by Crippen LogP contribution is 2.35. The van der Waals surface area contributed by atoms with Crippen LogP contribution in [0.25, 0.3) is 21.7 Å². The molecular weight excluding hydrogens is 396 g/mol. The first-order valence-corrected chi connectivity index (χ1v) is 10.9. The highest BCUT2D eigenvalue weighted by molar-refractivity contribution is 7.94. The second kappa shape index (κ2) is 8.79. The third-order valence-electron chi connectivity index (χ3n) is 5.18. The fourth-order valence-electron chi connectivity index (χ4n) is 3.72. The molecule has 0 saturated heterocycles. The van der Waals surface area contributed by atoms with Crippen LogP contribution in [-0.4, -0.2) is 30.4 Å².